The molecule has 1 fully saturated rings. The number of benzene rings is 2. The number of hydrogen-bond acceptors (Lipinski definition) is 4. The average molecular weight is 390 g/mol. The third-order valence-corrected chi connectivity index (χ3v) is 5.46. The minimum Gasteiger partial charge on any atom is -0.345 e. The molecule has 6 heteroatoms. The molecule has 2 N–H and O–H groups in total. The zero-order valence-corrected chi connectivity index (χ0v) is 16.6. The Kier molecular flexibility index (Phi) is 6.32. The van der Waals surface area contributed by atoms with Crippen LogP contribution in [0.3, 0.4) is 0 Å². The predicted molar refractivity (Wildman–Crippen MR) is 112 cm³/mol. The molecule has 0 spiro atoms. The molecule has 4 rings (SSSR count). The summed E-state index contributed by atoms with van der Waals surface area (Å²) in [5.41, 5.74) is 3.19. The highest BCUT2D eigenvalue weighted by Gasteiger charge is 2.16. The predicted octanol–water partition coefficient (Wildman–Crippen LogP) is 2.60. The first kappa shape index (κ1) is 19.3. The van der Waals surface area contributed by atoms with Gasteiger partial charge in [-0.25, -0.2) is 0 Å². The molecule has 1 atom stereocenters. The van der Waals surface area contributed by atoms with Gasteiger partial charge in [0.15, 0.2) is 5.82 Å². The number of carbonyl (C=O) groups is 1. The van der Waals surface area contributed by atoms with Crippen LogP contribution in [-0.4, -0.2) is 33.8 Å². The van der Waals surface area contributed by atoms with Crippen molar-refractivity contribution in [2.75, 3.05) is 13.1 Å². The maximum absolute atomic E-state index is 12.6. The van der Waals surface area contributed by atoms with Crippen LogP contribution in [0.5, 0.6) is 0 Å². The lowest BCUT2D eigenvalue weighted by Gasteiger charge is -2.11. The lowest BCUT2D eigenvalue weighted by atomic mass is 9.97. The highest BCUT2D eigenvalue weighted by Crippen LogP contribution is 2.16. The maximum atomic E-state index is 12.6. The van der Waals surface area contributed by atoms with E-state index in [0.717, 1.165) is 38.3 Å². The number of nitrogens with one attached hydrogen (secondary N) is 2. The summed E-state index contributed by atoms with van der Waals surface area (Å²) in [6.07, 6.45) is 4.84. The molecule has 2 heterocycles. The number of hydrogen-bond donors (Lipinski definition) is 2. The molecule has 1 aromatic heterocycles. The van der Waals surface area contributed by atoms with Gasteiger partial charge in [0.05, 0.1) is 6.54 Å². The Hall–Kier alpha value is -2.99. The van der Waals surface area contributed by atoms with Crippen molar-refractivity contribution in [3.63, 3.8) is 0 Å². The van der Waals surface area contributed by atoms with E-state index in [-0.39, 0.29) is 5.91 Å². The number of aromatic nitrogens is 3. The van der Waals surface area contributed by atoms with Gasteiger partial charge in [-0.3, -0.25) is 4.79 Å². The normalized spacial score (nSPS) is 16.1. The van der Waals surface area contributed by atoms with Crippen molar-refractivity contribution in [1.82, 2.24) is 25.4 Å². The van der Waals surface area contributed by atoms with Crippen molar-refractivity contribution < 1.29 is 4.79 Å². The van der Waals surface area contributed by atoms with Gasteiger partial charge in [0.25, 0.3) is 5.91 Å². The highest BCUT2D eigenvalue weighted by atomic mass is 16.1. The van der Waals surface area contributed by atoms with E-state index < -0.39 is 0 Å². The molecule has 1 aliphatic rings. The molecule has 3 aromatic rings. The standard InChI is InChI=1S/C23H27N5O/c29-23(21-8-4-7-19(14-21)13-20-9-11-24-15-20)25-16-22-27-26-17-28(22)12-10-18-5-2-1-3-6-18/h1-8,14,17,20,24H,9-13,15-16H2,(H,25,29). The van der Waals surface area contributed by atoms with E-state index in [9.17, 15) is 4.79 Å². The summed E-state index contributed by atoms with van der Waals surface area (Å²) < 4.78 is 2.00. The van der Waals surface area contributed by atoms with Gasteiger partial charge in [-0.2, -0.15) is 0 Å². The summed E-state index contributed by atoms with van der Waals surface area (Å²) in [5, 5.41) is 14.6. The molecule has 1 amide bonds. The van der Waals surface area contributed by atoms with Gasteiger partial charge in [-0.15, -0.1) is 10.2 Å². The molecule has 150 valence electrons. The maximum Gasteiger partial charge on any atom is 0.251 e. The number of aryl methyl sites for hydroxylation is 2. The second kappa shape index (κ2) is 9.47. The van der Waals surface area contributed by atoms with E-state index in [1.807, 2.05) is 41.0 Å². The number of rotatable bonds is 8. The van der Waals surface area contributed by atoms with Crippen LogP contribution in [0.1, 0.15) is 33.7 Å². The fraction of sp³-hybridized carbons (Fsp3) is 0.348. The number of amides is 1. The Labute approximate surface area is 171 Å². The Morgan fingerprint density at radius 2 is 2.00 bits per heavy atom. The molecule has 0 bridgehead atoms. The minimum absolute atomic E-state index is 0.0750. The average Bonchev–Trinajstić information content (AvgIpc) is 3.43. The largest absolute Gasteiger partial charge is 0.345 e. The van der Waals surface area contributed by atoms with Crippen molar-refractivity contribution in [2.45, 2.75) is 32.4 Å². The molecule has 2 aromatic carbocycles. The van der Waals surface area contributed by atoms with Crippen LogP contribution in [0.4, 0.5) is 0 Å². The first-order chi connectivity index (χ1) is 14.3. The van der Waals surface area contributed by atoms with E-state index in [4.69, 9.17) is 0 Å². The lowest BCUT2D eigenvalue weighted by Crippen LogP contribution is -2.25. The highest BCUT2D eigenvalue weighted by molar-refractivity contribution is 5.94. The van der Waals surface area contributed by atoms with Crippen LogP contribution in [0.2, 0.25) is 0 Å². The SMILES string of the molecule is O=C(NCc1nncn1CCc1ccccc1)c1cccc(CC2CCNC2)c1. The summed E-state index contributed by atoms with van der Waals surface area (Å²) in [6.45, 7) is 3.31. The molecular formula is C23H27N5O. The first-order valence-electron chi connectivity index (χ1n) is 10.3. The zero-order chi connectivity index (χ0) is 19.9. The summed E-state index contributed by atoms with van der Waals surface area (Å²) in [4.78, 5) is 12.6. The Morgan fingerprint density at radius 3 is 2.83 bits per heavy atom. The van der Waals surface area contributed by atoms with Crippen LogP contribution in [0.25, 0.3) is 0 Å². The van der Waals surface area contributed by atoms with Crippen molar-refractivity contribution in [2.24, 2.45) is 5.92 Å². The van der Waals surface area contributed by atoms with Gasteiger partial charge >= 0.3 is 0 Å². The molecule has 1 unspecified atom stereocenters. The molecule has 0 saturated carbocycles. The van der Waals surface area contributed by atoms with Gasteiger partial charge in [-0.05, 0) is 61.5 Å². The third-order valence-electron chi connectivity index (χ3n) is 5.46. The van der Waals surface area contributed by atoms with E-state index in [2.05, 4.69) is 39.0 Å². The smallest absolute Gasteiger partial charge is 0.251 e. The molecular weight excluding hydrogens is 362 g/mol. The quantitative estimate of drug-likeness (QED) is 0.621. The zero-order valence-electron chi connectivity index (χ0n) is 16.6. The third kappa shape index (κ3) is 5.29. The van der Waals surface area contributed by atoms with Crippen molar-refractivity contribution in [1.29, 1.82) is 0 Å². The van der Waals surface area contributed by atoms with E-state index >= 15 is 0 Å². The minimum atomic E-state index is -0.0750. The van der Waals surface area contributed by atoms with E-state index in [1.165, 1.54) is 17.5 Å². The molecule has 0 aliphatic carbocycles. The Bertz CT molecular complexity index is 931. The van der Waals surface area contributed by atoms with Crippen molar-refractivity contribution >= 4 is 5.91 Å². The fourth-order valence-corrected chi connectivity index (χ4v) is 3.82. The van der Waals surface area contributed by atoms with Crippen LogP contribution in [-0.2, 0) is 25.9 Å². The fourth-order valence-electron chi connectivity index (χ4n) is 3.82. The van der Waals surface area contributed by atoms with Crippen LogP contribution >= 0.6 is 0 Å². The number of nitrogens with zero attached hydrogens (tertiary/aromatic N) is 3. The van der Waals surface area contributed by atoms with Crippen molar-refractivity contribution in [3.05, 3.63) is 83.4 Å². The van der Waals surface area contributed by atoms with E-state index in [1.54, 1.807) is 6.33 Å². The second-order valence-electron chi connectivity index (χ2n) is 7.62. The van der Waals surface area contributed by atoms with Gasteiger partial charge in [0, 0.05) is 12.1 Å². The Morgan fingerprint density at radius 1 is 1.14 bits per heavy atom. The van der Waals surface area contributed by atoms with Gasteiger partial charge in [0.2, 0.25) is 0 Å². The monoisotopic (exact) mass is 389 g/mol. The molecule has 29 heavy (non-hydrogen) atoms. The van der Waals surface area contributed by atoms with Gasteiger partial charge < -0.3 is 15.2 Å². The summed E-state index contributed by atoms with van der Waals surface area (Å²) in [5.74, 6) is 1.35. The van der Waals surface area contributed by atoms with Gasteiger partial charge in [0.1, 0.15) is 6.33 Å². The van der Waals surface area contributed by atoms with Gasteiger partial charge in [-0.1, -0.05) is 42.5 Å². The molecule has 0 radical (unpaired) electrons. The lowest BCUT2D eigenvalue weighted by molar-refractivity contribution is 0.0949. The topological polar surface area (TPSA) is 71.8 Å². The molecule has 1 aliphatic heterocycles. The molecule has 1 saturated heterocycles. The van der Waals surface area contributed by atoms with Crippen LogP contribution in [0, 0.1) is 5.92 Å². The molecule has 6 nitrogen and oxygen atoms in total. The first-order valence-corrected chi connectivity index (χ1v) is 10.3. The van der Waals surface area contributed by atoms with Crippen LogP contribution < -0.4 is 10.6 Å². The summed E-state index contributed by atoms with van der Waals surface area (Å²) >= 11 is 0. The second-order valence-corrected chi connectivity index (χ2v) is 7.62. The van der Waals surface area contributed by atoms with Crippen molar-refractivity contribution in [3.8, 4) is 0 Å². The Balaban J connectivity index is 1.32. The van der Waals surface area contributed by atoms with Crippen LogP contribution in [0.15, 0.2) is 60.9 Å². The van der Waals surface area contributed by atoms with E-state index in [0.29, 0.717) is 18.0 Å². The number of carbonyl (C=O) groups excluding carboxylic acids is 1. The summed E-state index contributed by atoms with van der Waals surface area (Å²) in [7, 11) is 0. The summed E-state index contributed by atoms with van der Waals surface area (Å²) in [6, 6.07) is 18.3.